The molecule has 0 fully saturated rings. The first-order chi connectivity index (χ1) is 16.5. The van der Waals surface area contributed by atoms with Gasteiger partial charge in [0.25, 0.3) is 10.1 Å². The van der Waals surface area contributed by atoms with Crippen LogP contribution in [0.1, 0.15) is 128 Å². The van der Waals surface area contributed by atoms with E-state index in [1.54, 1.807) is 6.07 Å². The third-order valence-electron chi connectivity index (χ3n) is 7.02. The van der Waals surface area contributed by atoms with Gasteiger partial charge in [-0.3, -0.25) is 4.55 Å². The average molecular weight is 489 g/mol. The average Bonchev–Trinajstić information content (AvgIpc) is 2.82. The number of fused-ring (bicyclic) bond motifs is 1. The molecule has 2 rings (SSSR count). The van der Waals surface area contributed by atoms with Crippen LogP contribution in [0.3, 0.4) is 0 Å². The van der Waals surface area contributed by atoms with Crippen molar-refractivity contribution in [1.82, 2.24) is 0 Å². The van der Waals surface area contributed by atoms with E-state index < -0.39 is 10.1 Å². The van der Waals surface area contributed by atoms with Crippen LogP contribution in [0, 0.1) is 0 Å². The third-order valence-corrected chi connectivity index (χ3v) is 8.02. The molecule has 0 radical (unpaired) electrons. The van der Waals surface area contributed by atoms with Crippen LogP contribution in [-0.4, -0.2) is 13.0 Å². The van der Waals surface area contributed by atoms with Crippen molar-refractivity contribution in [2.24, 2.45) is 0 Å². The van der Waals surface area contributed by atoms with Crippen molar-refractivity contribution in [3.05, 3.63) is 42.0 Å². The molecule has 0 aromatic heterocycles. The Bertz CT molecular complexity index is 904. The molecule has 0 saturated carbocycles. The first kappa shape index (κ1) is 28.8. The van der Waals surface area contributed by atoms with Gasteiger partial charge in [0.15, 0.2) is 0 Å². The summed E-state index contributed by atoms with van der Waals surface area (Å²) in [7, 11) is -4.23. The highest BCUT2D eigenvalue weighted by atomic mass is 32.2. The second kappa shape index (κ2) is 17.1. The standard InChI is InChI=1S/C30H48O3S/c1-2-3-4-5-6-7-8-9-10-11-12-13-14-15-16-17-18-19-23-28-26-25-27-22-20-21-24-29(27)30(28)34(31,32)33/h20-22,24-26H,2-19,23H2,1H3,(H,31,32,33). The highest BCUT2D eigenvalue weighted by Crippen LogP contribution is 2.28. The molecule has 0 aliphatic heterocycles. The summed E-state index contributed by atoms with van der Waals surface area (Å²) in [6.45, 7) is 2.28. The molecule has 0 heterocycles. The summed E-state index contributed by atoms with van der Waals surface area (Å²) in [4.78, 5) is 0.0950. The van der Waals surface area contributed by atoms with Crippen LogP contribution in [0.4, 0.5) is 0 Å². The van der Waals surface area contributed by atoms with Crippen molar-refractivity contribution >= 4 is 20.9 Å². The Kier molecular flexibility index (Phi) is 14.5. The normalized spacial score (nSPS) is 11.9. The predicted molar refractivity (Wildman–Crippen MR) is 146 cm³/mol. The fraction of sp³-hybridized carbons (Fsp3) is 0.667. The van der Waals surface area contributed by atoms with Crippen LogP contribution in [0.15, 0.2) is 41.3 Å². The smallest absolute Gasteiger partial charge is 0.282 e. The Morgan fingerprint density at radius 1 is 0.588 bits per heavy atom. The highest BCUT2D eigenvalue weighted by Gasteiger charge is 2.18. The van der Waals surface area contributed by atoms with Gasteiger partial charge < -0.3 is 0 Å². The Labute approximate surface area is 209 Å². The lowest BCUT2D eigenvalue weighted by Crippen LogP contribution is -2.04. The monoisotopic (exact) mass is 488 g/mol. The molecule has 2 aromatic rings. The zero-order valence-electron chi connectivity index (χ0n) is 21.6. The van der Waals surface area contributed by atoms with E-state index in [-0.39, 0.29) is 4.90 Å². The summed E-state index contributed by atoms with van der Waals surface area (Å²) in [6.07, 6.45) is 24.8. The Morgan fingerprint density at radius 2 is 1.03 bits per heavy atom. The predicted octanol–water partition coefficient (Wildman–Crippen LogP) is 9.67. The Hall–Kier alpha value is -1.39. The number of hydrogen-bond donors (Lipinski definition) is 1. The lowest BCUT2D eigenvalue weighted by atomic mass is 10.0. The fourth-order valence-corrected chi connectivity index (χ4v) is 5.97. The molecule has 0 atom stereocenters. The van der Waals surface area contributed by atoms with E-state index in [0.717, 1.165) is 23.8 Å². The molecular formula is C30H48O3S. The van der Waals surface area contributed by atoms with E-state index in [0.29, 0.717) is 11.8 Å². The molecule has 0 unspecified atom stereocenters. The molecule has 4 heteroatoms. The van der Waals surface area contributed by atoms with Gasteiger partial charge in [-0.25, -0.2) is 0 Å². The van der Waals surface area contributed by atoms with Crippen LogP contribution in [0.5, 0.6) is 0 Å². The molecule has 2 aromatic carbocycles. The van der Waals surface area contributed by atoms with E-state index in [4.69, 9.17) is 0 Å². The topological polar surface area (TPSA) is 54.4 Å². The Balaban J connectivity index is 1.48. The van der Waals surface area contributed by atoms with Crippen molar-refractivity contribution in [1.29, 1.82) is 0 Å². The minimum atomic E-state index is -4.23. The lowest BCUT2D eigenvalue weighted by Gasteiger charge is -2.11. The number of unbranched alkanes of at least 4 members (excludes halogenated alkanes) is 17. The van der Waals surface area contributed by atoms with Crippen LogP contribution >= 0.6 is 0 Å². The third kappa shape index (κ3) is 11.4. The largest absolute Gasteiger partial charge is 0.295 e. The molecule has 1 N–H and O–H groups in total. The van der Waals surface area contributed by atoms with Crippen molar-refractivity contribution in [2.45, 2.75) is 134 Å². The van der Waals surface area contributed by atoms with E-state index in [2.05, 4.69) is 6.92 Å². The summed E-state index contributed by atoms with van der Waals surface area (Å²) in [5, 5.41) is 1.46. The quantitative estimate of drug-likeness (QED) is 0.149. The number of rotatable bonds is 20. The SMILES string of the molecule is CCCCCCCCCCCCCCCCCCCCc1ccc2ccccc2c1S(=O)(=O)O. The van der Waals surface area contributed by atoms with Crippen molar-refractivity contribution < 1.29 is 13.0 Å². The zero-order chi connectivity index (χ0) is 24.5. The number of aryl methyl sites for hydroxylation is 1. The summed E-state index contributed by atoms with van der Waals surface area (Å²) in [6, 6.07) is 11.2. The molecule has 0 bridgehead atoms. The summed E-state index contributed by atoms with van der Waals surface area (Å²) in [5.41, 5.74) is 0.734. The van der Waals surface area contributed by atoms with Gasteiger partial charge in [-0.1, -0.05) is 152 Å². The first-order valence-electron chi connectivity index (χ1n) is 14.0. The second-order valence-corrected chi connectivity index (χ2v) is 11.4. The van der Waals surface area contributed by atoms with Crippen molar-refractivity contribution in [3.8, 4) is 0 Å². The minimum Gasteiger partial charge on any atom is -0.282 e. The van der Waals surface area contributed by atoms with Gasteiger partial charge in [0.05, 0.1) is 0 Å². The van der Waals surface area contributed by atoms with Gasteiger partial charge in [0.1, 0.15) is 4.90 Å². The molecule has 34 heavy (non-hydrogen) atoms. The summed E-state index contributed by atoms with van der Waals surface area (Å²) >= 11 is 0. The van der Waals surface area contributed by atoms with Crippen LogP contribution < -0.4 is 0 Å². The summed E-state index contributed by atoms with van der Waals surface area (Å²) in [5.74, 6) is 0. The number of benzene rings is 2. The van der Waals surface area contributed by atoms with Gasteiger partial charge in [-0.2, -0.15) is 8.42 Å². The van der Waals surface area contributed by atoms with Gasteiger partial charge >= 0.3 is 0 Å². The molecule has 192 valence electrons. The molecule has 0 amide bonds. The van der Waals surface area contributed by atoms with Gasteiger partial charge in [0.2, 0.25) is 0 Å². The molecule has 3 nitrogen and oxygen atoms in total. The lowest BCUT2D eigenvalue weighted by molar-refractivity contribution is 0.482. The first-order valence-corrected chi connectivity index (χ1v) is 15.5. The highest BCUT2D eigenvalue weighted by molar-refractivity contribution is 7.86. The van der Waals surface area contributed by atoms with Crippen molar-refractivity contribution in [2.75, 3.05) is 0 Å². The minimum absolute atomic E-state index is 0.0950. The number of hydrogen-bond acceptors (Lipinski definition) is 2. The van der Waals surface area contributed by atoms with Crippen LogP contribution in [0.2, 0.25) is 0 Å². The molecular weight excluding hydrogens is 440 g/mol. The van der Waals surface area contributed by atoms with Crippen LogP contribution in [0.25, 0.3) is 10.8 Å². The van der Waals surface area contributed by atoms with E-state index in [1.807, 2.05) is 30.3 Å². The van der Waals surface area contributed by atoms with E-state index in [1.165, 1.54) is 103 Å². The van der Waals surface area contributed by atoms with E-state index in [9.17, 15) is 13.0 Å². The molecule has 0 saturated heterocycles. The molecule has 0 aliphatic carbocycles. The Morgan fingerprint density at radius 3 is 1.50 bits per heavy atom. The van der Waals surface area contributed by atoms with Gasteiger partial charge in [-0.15, -0.1) is 0 Å². The maximum Gasteiger partial charge on any atom is 0.295 e. The van der Waals surface area contributed by atoms with Gasteiger partial charge in [-0.05, 0) is 23.8 Å². The molecule has 0 spiro atoms. The maximum atomic E-state index is 12.0. The second-order valence-electron chi connectivity index (χ2n) is 10.0. The van der Waals surface area contributed by atoms with Gasteiger partial charge in [0, 0.05) is 5.39 Å². The zero-order valence-corrected chi connectivity index (χ0v) is 22.4. The maximum absolute atomic E-state index is 12.0. The summed E-state index contributed by atoms with van der Waals surface area (Å²) < 4.78 is 33.8. The van der Waals surface area contributed by atoms with E-state index >= 15 is 0 Å². The fourth-order valence-electron chi connectivity index (χ4n) is 5.01. The molecule has 0 aliphatic rings. The van der Waals surface area contributed by atoms with Crippen LogP contribution in [-0.2, 0) is 16.5 Å². The van der Waals surface area contributed by atoms with Crippen molar-refractivity contribution in [3.63, 3.8) is 0 Å².